The number of rotatable bonds is 10. The Labute approximate surface area is 231 Å². The highest BCUT2D eigenvalue weighted by Crippen LogP contribution is 2.29. The number of methoxy groups -OCH3 is 1. The predicted octanol–water partition coefficient (Wildman–Crippen LogP) is 4.16. The van der Waals surface area contributed by atoms with Gasteiger partial charge >= 0.3 is 0 Å². The number of hydrogen-bond acceptors (Lipinski definition) is 6. The van der Waals surface area contributed by atoms with Crippen molar-refractivity contribution in [3.8, 4) is 5.75 Å². The Bertz CT molecular complexity index is 1450. The number of nitrogens with zero attached hydrogens (tertiary/aromatic N) is 4. The molecule has 0 spiro atoms. The summed E-state index contributed by atoms with van der Waals surface area (Å²) in [5, 5.41) is 11.9. The van der Waals surface area contributed by atoms with Crippen LogP contribution in [0.15, 0.2) is 72.8 Å². The zero-order valence-electron chi connectivity index (χ0n) is 21.6. The van der Waals surface area contributed by atoms with Crippen molar-refractivity contribution in [2.45, 2.75) is 38.1 Å². The van der Waals surface area contributed by atoms with E-state index in [1.807, 2.05) is 48.5 Å². The molecule has 1 saturated heterocycles. The van der Waals surface area contributed by atoms with E-state index in [9.17, 15) is 9.59 Å². The van der Waals surface area contributed by atoms with Crippen LogP contribution in [-0.4, -0.2) is 58.1 Å². The van der Waals surface area contributed by atoms with Crippen molar-refractivity contribution in [3.63, 3.8) is 0 Å². The molecule has 0 aliphatic carbocycles. The maximum Gasteiger partial charge on any atom is 0.247 e. The van der Waals surface area contributed by atoms with Gasteiger partial charge in [-0.25, -0.2) is 4.68 Å². The average Bonchev–Trinajstić information content (AvgIpc) is 3.63. The van der Waals surface area contributed by atoms with Gasteiger partial charge in [0.15, 0.2) is 0 Å². The molecule has 5 rings (SSSR count). The van der Waals surface area contributed by atoms with E-state index in [1.54, 1.807) is 36.1 Å². The number of para-hydroxylation sites is 1. The first kappa shape index (κ1) is 26.6. The van der Waals surface area contributed by atoms with E-state index < -0.39 is 6.04 Å². The van der Waals surface area contributed by atoms with Crippen LogP contribution in [0.2, 0.25) is 5.02 Å². The molecular formula is C29H30ClN5O4. The molecule has 0 bridgehead atoms. The van der Waals surface area contributed by atoms with Crippen LogP contribution in [0.25, 0.3) is 11.0 Å². The number of aromatic nitrogens is 3. The lowest BCUT2D eigenvalue weighted by atomic mass is 10.0. The van der Waals surface area contributed by atoms with E-state index in [0.717, 1.165) is 23.9 Å². The first-order chi connectivity index (χ1) is 19.0. The van der Waals surface area contributed by atoms with Gasteiger partial charge in [0.2, 0.25) is 11.8 Å². The molecule has 202 valence electrons. The molecule has 2 amide bonds. The molecule has 0 radical (unpaired) electrons. The van der Waals surface area contributed by atoms with Gasteiger partial charge in [0.05, 0.1) is 18.7 Å². The zero-order chi connectivity index (χ0) is 27.2. The van der Waals surface area contributed by atoms with Crippen LogP contribution in [0.1, 0.15) is 30.0 Å². The van der Waals surface area contributed by atoms with E-state index in [4.69, 9.17) is 21.1 Å². The zero-order valence-corrected chi connectivity index (χ0v) is 22.4. The molecule has 1 aromatic heterocycles. The molecule has 1 N–H and O–H groups in total. The minimum absolute atomic E-state index is 0.0471. The van der Waals surface area contributed by atoms with Crippen LogP contribution in [0.4, 0.5) is 0 Å². The van der Waals surface area contributed by atoms with E-state index in [1.165, 1.54) is 4.90 Å². The van der Waals surface area contributed by atoms with Gasteiger partial charge in [-0.2, -0.15) is 0 Å². The second-order valence-corrected chi connectivity index (χ2v) is 9.82. The van der Waals surface area contributed by atoms with Crippen molar-refractivity contribution >= 4 is 34.4 Å². The van der Waals surface area contributed by atoms with E-state index in [-0.39, 0.29) is 31.0 Å². The first-order valence-electron chi connectivity index (χ1n) is 12.9. The second-order valence-electron chi connectivity index (χ2n) is 9.41. The molecule has 1 aliphatic rings. The van der Waals surface area contributed by atoms with Gasteiger partial charge in [-0.3, -0.25) is 9.59 Å². The molecule has 4 aromatic rings. The van der Waals surface area contributed by atoms with Crippen LogP contribution < -0.4 is 10.1 Å². The smallest absolute Gasteiger partial charge is 0.247 e. The van der Waals surface area contributed by atoms with Crippen molar-refractivity contribution in [1.29, 1.82) is 0 Å². The molecule has 9 nitrogen and oxygen atoms in total. The summed E-state index contributed by atoms with van der Waals surface area (Å²) in [6, 6.07) is 20.9. The van der Waals surface area contributed by atoms with E-state index >= 15 is 0 Å². The SMILES string of the molecule is COc1cccc([C@@H](C(=O)NC[C@@H]2CCCO2)N(Cc2ccccc2Cl)C(=O)Cn2nnc3ccccc32)c1. The van der Waals surface area contributed by atoms with Gasteiger partial charge in [0, 0.05) is 24.7 Å². The number of nitrogens with one attached hydrogen (secondary N) is 1. The quantitative estimate of drug-likeness (QED) is 0.320. The largest absolute Gasteiger partial charge is 0.497 e. The first-order valence-corrected chi connectivity index (χ1v) is 13.3. The Balaban J connectivity index is 1.52. The Morgan fingerprint density at radius 3 is 2.77 bits per heavy atom. The normalized spacial score (nSPS) is 15.7. The highest BCUT2D eigenvalue weighted by molar-refractivity contribution is 6.31. The summed E-state index contributed by atoms with van der Waals surface area (Å²) < 4.78 is 12.7. The van der Waals surface area contributed by atoms with Gasteiger partial charge in [-0.1, -0.05) is 59.3 Å². The number of fused-ring (bicyclic) bond motifs is 1. The topological polar surface area (TPSA) is 98.6 Å². The van der Waals surface area contributed by atoms with Crippen LogP contribution in [0.5, 0.6) is 5.75 Å². The summed E-state index contributed by atoms with van der Waals surface area (Å²) >= 11 is 6.52. The maximum absolute atomic E-state index is 14.1. The van der Waals surface area contributed by atoms with Crippen LogP contribution in [0, 0.1) is 0 Å². The fraction of sp³-hybridized carbons (Fsp3) is 0.310. The number of ether oxygens (including phenoxy) is 2. The number of carbonyl (C=O) groups is 2. The Kier molecular flexibility index (Phi) is 8.39. The standard InChI is InChI=1S/C29H30ClN5O4/c1-38-22-10-6-9-20(16-22)28(29(37)31-17-23-11-7-15-39-23)34(18-21-8-2-3-12-24(21)30)27(36)19-35-26-14-5-4-13-25(26)32-33-35/h2-6,8-10,12-14,16,23,28H,7,11,15,17-19H2,1H3,(H,31,37)/t23-,28-/m0/s1. The van der Waals surface area contributed by atoms with Gasteiger partial charge in [-0.15, -0.1) is 5.10 Å². The highest BCUT2D eigenvalue weighted by atomic mass is 35.5. The minimum Gasteiger partial charge on any atom is -0.497 e. The van der Waals surface area contributed by atoms with Crippen LogP contribution >= 0.6 is 11.6 Å². The summed E-state index contributed by atoms with van der Waals surface area (Å²) in [4.78, 5) is 29.5. The lowest BCUT2D eigenvalue weighted by Gasteiger charge is -2.32. The Morgan fingerprint density at radius 1 is 1.15 bits per heavy atom. The molecule has 0 unspecified atom stereocenters. The number of benzene rings is 3. The summed E-state index contributed by atoms with van der Waals surface area (Å²) in [6.45, 7) is 1.05. The molecule has 1 fully saturated rings. The molecule has 2 atom stereocenters. The number of halogens is 1. The fourth-order valence-electron chi connectivity index (χ4n) is 4.79. The highest BCUT2D eigenvalue weighted by Gasteiger charge is 2.33. The number of hydrogen-bond donors (Lipinski definition) is 1. The van der Waals surface area contributed by atoms with Crippen molar-refractivity contribution in [2.24, 2.45) is 0 Å². The van der Waals surface area contributed by atoms with Crippen molar-refractivity contribution < 1.29 is 19.1 Å². The van der Waals surface area contributed by atoms with E-state index in [2.05, 4.69) is 15.6 Å². The van der Waals surface area contributed by atoms with Gasteiger partial charge < -0.3 is 19.7 Å². The lowest BCUT2D eigenvalue weighted by Crippen LogP contribution is -2.46. The summed E-state index contributed by atoms with van der Waals surface area (Å²) in [5.41, 5.74) is 2.74. The van der Waals surface area contributed by atoms with Crippen molar-refractivity contribution in [3.05, 3.63) is 88.9 Å². The fourth-order valence-corrected chi connectivity index (χ4v) is 4.98. The summed E-state index contributed by atoms with van der Waals surface area (Å²) in [7, 11) is 1.56. The third kappa shape index (κ3) is 6.21. The second kappa shape index (κ2) is 12.3. The molecular weight excluding hydrogens is 518 g/mol. The molecule has 10 heteroatoms. The summed E-state index contributed by atoms with van der Waals surface area (Å²) in [5.74, 6) is -0.0508. The Morgan fingerprint density at radius 2 is 1.97 bits per heavy atom. The third-order valence-electron chi connectivity index (χ3n) is 6.82. The third-order valence-corrected chi connectivity index (χ3v) is 7.19. The van der Waals surface area contributed by atoms with Crippen molar-refractivity contribution in [1.82, 2.24) is 25.2 Å². The monoisotopic (exact) mass is 547 g/mol. The van der Waals surface area contributed by atoms with Crippen molar-refractivity contribution in [2.75, 3.05) is 20.3 Å². The molecule has 2 heterocycles. The minimum atomic E-state index is -0.958. The number of carbonyl (C=O) groups excluding carboxylic acids is 2. The van der Waals surface area contributed by atoms with Crippen LogP contribution in [-0.2, 0) is 27.4 Å². The number of amides is 2. The molecule has 1 aliphatic heterocycles. The predicted molar refractivity (Wildman–Crippen MR) is 147 cm³/mol. The summed E-state index contributed by atoms with van der Waals surface area (Å²) in [6.07, 6.45) is 1.79. The van der Waals surface area contributed by atoms with Crippen LogP contribution in [0.3, 0.4) is 0 Å². The Hall–Kier alpha value is -3.95. The van der Waals surface area contributed by atoms with Gasteiger partial charge in [-0.05, 0) is 54.3 Å². The molecule has 3 aromatic carbocycles. The lowest BCUT2D eigenvalue weighted by molar-refractivity contribution is -0.142. The maximum atomic E-state index is 14.1. The van der Waals surface area contributed by atoms with Gasteiger partial charge in [0.25, 0.3) is 0 Å². The average molecular weight is 548 g/mol. The van der Waals surface area contributed by atoms with Gasteiger partial charge in [0.1, 0.15) is 23.9 Å². The molecule has 39 heavy (non-hydrogen) atoms. The van der Waals surface area contributed by atoms with E-state index in [0.29, 0.717) is 35.0 Å². The molecule has 0 saturated carbocycles.